The Bertz CT molecular complexity index is 1100. The average Bonchev–Trinajstić information content (AvgIpc) is 3.34. The summed E-state index contributed by atoms with van der Waals surface area (Å²) in [4.78, 5) is 21.0. The molecule has 1 N–H and O–H groups in total. The van der Waals surface area contributed by atoms with Crippen molar-refractivity contribution < 1.29 is 14.1 Å². The van der Waals surface area contributed by atoms with Crippen LogP contribution in [-0.4, -0.2) is 21.0 Å². The van der Waals surface area contributed by atoms with Gasteiger partial charge < -0.3 is 9.26 Å². The Hall–Kier alpha value is -3.52. The molecule has 0 fully saturated rings. The summed E-state index contributed by atoms with van der Waals surface area (Å²) < 4.78 is 10.9. The number of hydrogen-bond donors (Lipinski definition) is 1. The van der Waals surface area contributed by atoms with E-state index in [9.17, 15) is 4.79 Å². The summed E-state index contributed by atoms with van der Waals surface area (Å²) >= 11 is 1.37. The minimum atomic E-state index is -0.227. The number of nitrogens with one attached hydrogen (secondary N) is 1. The number of carbonyl (C=O) groups is 1. The number of benzene rings is 1. The topological polar surface area (TPSA) is 90.1 Å². The quantitative estimate of drug-likeness (QED) is 0.502. The van der Waals surface area contributed by atoms with Crippen LogP contribution in [0, 0.1) is 13.8 Å². The number of anilines is 1. The van der Waals surface area contributed by atoms with E-state index in [-0.39, 0.29) is 5.91 Å². The molecule has 0 saturated carbocycles. The smallest absolute Gasteiger partial charge is 0.257 e. The highest BCUT2D eigenvalue weighted by atomic mass is 32.1. The van der Waals surface area contributed by atoms with Gasteiger partial charge in [0.15, 0.2) is 5.13 Å². The molecule has 0 atom stereocenters. The Morgan fingerprint density at radius 3 is 2.72 bits per heavy atom. The number of carbonyl (C=O) groups excluding carboxylic acids is 1. The molecule has 3 heterocycles. The number of amides is 1. The molecule has 7 nitrogen and oxygen atoms in total. The first kappa shape index (κ1) is 18.8. The summed E-state index contributed by atoms with van der Waals surface area (Å²) in [7, 11) is 0. The van der Waals surface area contributed by atoms with E-state index in [0.29, 0.717) is 23.1 Å². The standard InChI is InChI=1S/C21H18N4O3S/c1-13-18(14(2)28-25-13)11-27-17-7-5-15(6-8-17)20(26)24-21-23-19(12-29-21)16-4-3-9-22-10-16/h3-10,12H,11H2,1-2H3,(H,23,24,26). The van der Waals surface area contributed by atoms with Crippen LogP contribution in [0.5, 0.6) is 5.75 Å². The van der Waals surface area contributed by atoms with Crippen LogP contribution in [-0.2, 0) is 6.61 Å². The summed E-state index contributed by atoms with van der Waals surface area (Å²) in [5.74, 6) is 1.18. The van der Waals surface area contributed by atoms with Crippen LogP contribution < -0.4 is 10.1 Å². The molecule has 0 radical (unpaired) electrons. The second-order valence-electron chi connectivity index (χ2n) is 6.35. The Labute approximate surface area is 171 Å². The average molecular weight is 406 g/mol. The van der Waals surface area contributed by atoms with E-state index in [4.69, 9.17) is 9.26 Å². The first-order chi connectivity index (χ1) is 14.1. The molecule has 4 aromatic rings. The van der Waals surface area contributed by atoms with Crippen molar-refractivity contribution in [1.82, 2.24) is 15.1 Å². The van der Waals surface area contributed by atoms with Gasteiger partial charge in [-0.15, -0.1) is 11.3 Å². The third-order valence-electron chi connectivity index (χ3n) is 4.36. The van der Waals surface area contributed by atoms with Crippen molar-refractivity contribution in [3.8, 4) is 17.0 Å². The van der Waals surface area contributed by atoms with Crippen molar-refractivity contribution >= 4 is 22.4 Å². The van der Waals surface area contributed by atoms with Crippen molar-refractivity contribution in [2.75, 3.05) is 5.32 Å². The van der Waals surface area contributed by atoms with Crippen molar-refractivity contribution in [3.05, 3.63) is 76.8 Å². The maximum Gasteiger partial charge on any atom is 0.257 e. The van der Waals surface area contributed by atoms with Gasteiger partial charge in [-0.2, -0.15) is 0 Å². The van der Waals surface area contributed by atoms with E-state index < -0.39 is 0 Å². The number of thiazole rings is 1. The van der Waals surface area contributed by atoms with Crippen LogP contribution in [0.15, 0.2) is 58.7 Å². The highest BCUT2D eigenvalue weighted by molar-refractivity contribution is 7.14. The molecule has 0 bridgehead atoms. The van der Waals surface area contributed by atoms with Gasteiger partial charge in [0, 0.05) is 28.9 Å². The van der Waals surface area contributed by atoms with Crippen LogP contribution in [0.25, 0.3) is 11.3 Å². The molecule has 0 saturated heterocycles. The lowest BCUT2D eigenvalue weighted by molar-refractivity contribution is 0.102. The Kier molecular flexibility index (Phi) is 5.35. The molecule has 0 aliphatic heterocycles. The first-order valence-electron chi connectivity index (χ1n) is 8.92. The minimum Gasteiger partial charge on any atom is -0.489 e. The summed E-state index contributed by atoms with van der Waals surface area (Å²) in [5, 5.41) is 9.16. The van der Waals surface area contributed by atoms with Gasteiger partial charge in [0.1, 0.15) is 18.1 Å². The molecular weight excluding hydrogens is 388 g/mol. The van der Waals surface area contributed by atoms with E-state index in [1.807, 2.05) is 31.4 Å². The number of aromatic nitrogens is 3. The van der Waals surface area contributed by atoms with Crippen molar-refractivity contribution in [1.29, 1.82) is 0 Å². The zero-order chi connectivity index (χ0) is 20.2. The largest absolute Gasteiger partial charge is 0.489 e. The van der Waals surface area contributed by atoms with Crippen LogP contribution in [0.4, 0.5) is 5.13 Å². The van der Waals surface area contributed by atoms with Crippen LogP contribution in [0.1, 0.15) is 27.4 Å². The zero-order valence-electron chi connectivity index (χ0n) is 15.9. The summed E-state index contributed by atoms with van der Waals surface area (Å²) in [6, 6.07) is 10.7. The highest BCUT2D eigenvalue weighted by Crippen LogP contribution is 2.25. The van der Waals surface area contributed by atoms with Gasteiger partial charge in [-0.3, -0.25) is 15.1 Å². The van der Waals surface area contributed by atoms with Crippen molar-refractivity contribution in [2.45, 2.75) is 20.5 Å². The maximum absolute atomic E-state index is 12.5. The van der Waals surface area contributed by atoms with E-state index in [2.05, 4.69) is 20.4 Å². The second-order valence-corrected chi connectivity index (χ2v) is 7.21. The molecule has 0 aliphatic rings. The third-order valence-corrected chi connectivity index (χ3v) is 5.12. The number of aryl methyl sites for hydroxylation is 2. The SMILES string of the molecule is Cc1noc(C)c1COc1ccc(C(=O)Nc2nc(-c3cccnc3)cs2)cc1. The van der Waals surface area contributed by atoms with Gasteiger partial charge in [-0.05, 0) is 50.2 Å². The summed E-state index contributed by atoms with van der Waals surface area (Å²) in [5.41, 5.74) is 3.95. The second kappa shape index (κ2) is 8.24. The Morgan fingerprint density at radius 2 is 2.03 bits per heavy atom. The molecule has 1 aromatic carbocycles. The molecule has 0 aliphatic carbocycles. The van der Waals surface area contributed by atoms with Crippen LogP contribution >= 0.6 is 11.3 Å². The van der Waals surface area contributed by atoms with Gasteiger partial charge in [0.05, 0.1) is 17.0 Å². The molecule has 29 heavy (non-hydrogen) atoms. The van der Waals surface area contributed by atoms with Gasteiger partial charge in [0.2, 0.25) is 0 Å². The molecule has 0 unspecified atom stereocenters. The number of nitrogens with zero attached hydrogens (tertiary/aromatic N) is 3. The van der Waals surface area contributed by atoms with Gasteiger partial charge in [-0.25, -0.2) is 4.98 Å². The first-order valence-corrected chi connectivity index (χ1v) is 9.80. The fraction of sp³-hybridized carbons (Fsp3) is 0.143. The van der Waals surface area contributed by atoms with Crippen LogP contribution in [0.3, 0.4) is 0 Å². The third kappa shape index (κ3) is 4.33. The van der Waals surface area contributed by atoms with Crippen molar-refractivity contribution in [3.63, 3.8) is 0 Å². The van der Waals surface area contributed by atoms with E-state index >= 15 is 0 Å². The fourth-order valence-electron chi connectivity index (χ4n) is 2.71. The fourth-order valence-corrected chi connectivity index (χ4v) is 3.43. The maximum atomic E-state index is 12.5. The lowest BCUT2D eigenvalue weighted by Gasteiger charge is -2.07. The lowest BCUT2D eigenvalue weighted by atomic mass is 10.2. The number of rotatable bonds is 6. The van der Waals surface area contributed by atoms with Crippen LogP contribution in [0.2, 0.25) is 0 Å². The lowest BCUT2D eigenvalue weighted by Crippen LogP contribution is -2.11. The molecular formula is C21H18N4O3S. The predicted molar refractivity (Wildman–Crippen MR) is 110 cm³/mol. The van der Waals surface area contributed by atoms with Gasteiger partial charge in [-0.1, -0.05) is 5.16 Å². The highest BCUT2D eigenvalue weighted by Gasteiger charge is 2.12. The van der Waals surface area contributed by atoms with E-state index in [0.717, 1.165) is 28.3 Å². The van der Waals surface area contributed by atoms with Gasteiger partial charge >= 0.3 is 0 Å². The zero-order valence-corrected chi connectivity index (χ0v) is 16.7. The monoisotopic (exact) mass is 406 g/mol. The minimum absolute atomic E-state index is 0.227. The van der Waals surface area contributed by atoms with Crippen molar-refractivity contribution in [2.24, 2.45) is 0 Å². The molecule has 0 spiro atoms. The summed E-state index contributed by atoms with van der Waals surface area (Å²) in [6.45, 7) is 4.09. The van der Waals surface area contributed by atoms with E-state index in [1.165, 1.54) is 11.3 Å². The van der Waals surface area contributed by atoms with E-state index in [1.54, 1.807) is 36.7 Å². The Balaban J connectivity index is 1.38. The Morgan fingerprint density at radius 1 is 1.21 bits per heavy atom. The molecule has 146 valence electrons. The number of ether oxygens (including phenoxy) is 1. The molecule has 4 rings (SSSR count). The molecule has 8 heteroatoms. The molecule has 3 aromatic heterocycles. The van der Waals surface area contributed by atoms with Gasteiger partial charge in [0.25, 0.3) is 5.91 Å². The number of pyridine rings is 1. The predicted octanol–water partition coefficient (Wildman–Crippen LogP) is 4.64. The molecule has 1 amide bonds. The normalized spacial score (nSPS) is 10.7. The number of hydrogen-bond acceptors (Lipinski definition) is 7. The summed E-state index contributed by atoms with van der Waals surface area (Å²) in [6.07, 6.45) is 3.45.